The molecule has 0 aliphatic heterocycles. The molecule has 0 fully saturated rings. The number of hydrogen-bond donors (Lipinski definition) is 1. The minimum absolute atomic E-state index is 0.143. The first-order valence-corrected chi connectivity index (χ1v) is 4.13. The monoisotopic (exact) mass is 186 g/mol. The van der Waals surface area contributed by atoms with E-state index in [-0.39, 0.29) is 13.0 Å². The fraction of sp³-hybridized carbons (Fsp3) is 0.444. The first kappa shape index (κ1) is 9.89. The molecule has 0 atom stereocenters. The molecule has 1 heterocycles. The highest BCUT2D eigenvalue weighted by atomic mass is 19.3. The molecule has 13 heavy (non-hydrogen) atoms. The molecule has 0 bridgehead atoms. The Hall–Kier alpha value is -1.19. The summed E-state index contributed by atoms with van der Waals surface area (Å²) in [5.74, 6) is 0.645. The van der Waals surface area contributed by atoms with Crippen LogP contribution in [-0.4, -0.2) is 18.0 Å². The van der Waals surface area contributed by atoms with Gasteiger partial charge in [0.15, 0.2) is 0 Å². The third-order valence-electron chi connectivity index (χ3n) is 1.58. The Balaban J connectivity index is 2.33. The third-order valence-corrected chi connectivity index (χ3v) is 1.58. The number of aryl methyl sites for hydroxylation is 1. The molecule has 0 radical (unpaired) electrons. The second kappa shape index (κ2) is 4.74. The molecule has 0 aromatic carbocycles. The van der Waals surface area contributed by atoms with Crippen LogP contribution in [0.1, 0.15) is 12.0 Å². The van der Waals surface area contributed by atoms with Crippen molar-refractivity contribution in [3.05, 3.63) is 23.9 Å². The fourth-order valence-corrected chi connectivity index (χ4v) is 0.882. The molecular formula is C9H12F2N2. The van der Waals surface area contributed by atoms with Crippen molar-refractivity contribution >= 4 is 5.82 Å². The zero-order chi connectivity index (χ0) is 9.68. The Bertz CT molecular complexity index is 246. The summed E-state index contributed by atoms with van der Waals surface area (Å²) in [6.45, 7) is 2.18. The van der Waals surface area contributed by atoms with Crippen LogP contribution in [0, 0.1) is 6.92 Å². The van der Waals surface area contributed by atoms with Crippen LogP contribution < -0.4 is 5.32 Å². The van der Waals surface area contributed by atoms with Gasteiger partial charge in [0.2, 0.25) is 6.43 Å². The van der Waals surface area contributed by atoms with Crippen LogP contribution in [-0.2, 0) is 0 Å². The van der Waals surface area contributed by atoms with E-state index in [2.05, 4.69) is 10.3 Å². The van der Waals surface area contributed by atoms with E-state index in [1.165, 1.54) is 0 Å². The average Bonchev–Trinajstić information content (AvgIpc) is 2.08. The molecule has 0 aliphatic carbocycles. The van der Waals surface area contributed by atoms with E-state index in [0.717, 1.165) is 5.56 Å². The molecule has 1 N–H and O–H groups in total. The summed E-state index contributed by atoms with van der Waals surface area (Å²) in [5, 5.41) is 2.81. The van der Waals surface area contributed by atoms with Gasteiger partial charge < -0.3 is 5.32 Å². The summed E-state index contributed by atoms with van der Waals surface area (Å²) in [7, 11) is 0. The molecule has 1 rings (SSSR count). The minimum Gasteiger partial charge on any atom is -0.370 e. The lowest BCUT2D eigenvalue weighted by Crippen LogP contribution is -2.06. The van der Waals surface area contributed by atoms with Crippen molar-refractivity contribution in [1.82, 2.24) is 4.98 Å². The average molecular weight is 186 g/mol. The molecule has 0 aliphatic rings. The minimum atomic E-state index is -2.25. The topological polar surface area (TPSA) is 24.9 Å². The van der Waals surface area contributed by atoms with Crippen molar-refractivity contribution in [2.24, 2.45) is 0 Å². The second-order valence-corrected chi connectivity index (χ2v) is 2.83. The molecule has 72 valence electrons. The number of halogens is 2. The zero-order valence-electron chi connectivity index (χ0n) is 7.43. The molecular weight excluding hydrogens is 174 g/mol. The maximum absolute atomic E-state index is 11.7. The van der Waals surface area contributed by atoms with Crippen LogP contribution in [0.3, 0.4) is 0 Å². The number of pyridine rings is 1. The quantitative estimate of drug-likeness (QED) is 0.781. The number of hydrogen-bond acceptors (Lipinski definition) is 2. The highest BCUT2D eigenvalue weighted by Gasteiger charge is 2.00. The Morgan fingerprint density at radius 3 is 2.77 bits per heavy atom. The van der Waals surface area contributed by atoms with E-state index in [0.29, 0.717) is 5.82 Å². The highest BCUT2D eigenvalue weighted by molar-refractivity contribution is 5.34. The third kappa shape index (κ3) is 3.83. The summed E-state index contributed by atoms with van der Waals surface area (Å²) >= 11 is 0. The van der Waals surface area contributed by atoms with Gasteiger partial charge in [-0.15, -0.1) is 0 Å². The van der Waals surface area contributed by atoms with Gasteiger partial charge in [-0.2, -0.15) is 0 Å². The number of alkyl halides is 2. The molecule has 2 nitrogen and oxygen atoms in total. The van der Waals surface area contributed by atoms with E-state index < -0.39 is 6.43 Å². The number of nitrogens with zero attached hydrogens (tertiary/aromatic N) is 1. The van der Waals surface area contributed by atoms with Crippen molar-refractivity contribution in [2.45, 2.75) is 19.8 Å². The lowest BCUT2D eigenvalue weighted by atomic mass is 10.3. The van der Waals surface area contributed by atoms with Gasteiger partial charge in [0.05, 0.1) is 0 Å². The van der Waals surface area contributed by atoms with Crippen molar-refractivity contribution < 1.29 is 8.78 Å². The number of nitrogens with one attached hydrogen (secondary N) is 1. The largest absolute Gasteiger partial charge is 0.370 e. The van der Waals surface area contributed by atoms with Crippen LogP contribution in [0.2, 0.25) is 0 Å². The predicted molar refractivity (Wildman–Crippen MR) is 48.1 cm³/mol. The van der Waals surface area contributed by atoms with Crippen LogP contribution in [0.5, 0.6) is 0 Å². The highest BCUT2D eigenvalue weighted by Crippen LogP contribution is 2.05. The van der Waals surface area contributed by atoms with E-state index in [1.807, 2.05) is 13.0 Å². The Kier molecular flexibility index (Phi) is 3.61. The van der Waals surface area contributed by atoms with Crippen LogP contribution >= 0.6 is 0 Å². The van der Waals surface area contributed by atoms with Gasteiger partial charge >= 0.3 is 0 Å². The normalized spacial score (nSPS) is 10.5. The number of rotatable bonds is 4. The van der Waals surface area contributed by atoms with Crippen LogP contribution in [0.4, 0.5) is 14.6 Å². The molecule has 0 saturated carbocycles. The predicted octanol–water partition coefficient (Wildman–Crippen LogP) is 2.46. The van der Waals surface area contributed by atoms with Crippen molar-refractivity contribution in [3.63, 3.8) is 0 Å². The van der Waals surface area contributed by atoms with Gasteiger partial charge in [0.1, 0.15) is 5.82 Å². The smallest absolute Gasteiger partial charge is 0.240 e. The van der Waals surface area contributed by atoms with Gasteiger partial charge in [-0.1, -0.05) is 6.07 Å². The maximum Gasteiger partial charge on any atom is 0.240 e. The summed E-state index contributed by atoms with van der Waals surface area (Å²) < 4.78 is 23.5. The van der Waals surface area contributed by atoms with Gasteiger partial charge in [-0.05, 0) is 18.6 Å². The van der Waals surface area contributed by atoms with Gasteiger partial charge in [0.25, 0.3) is 0 Å². The molecule has 1 aromatic rings. The SMILES string of the molecule is Cc1ccc(NCCC(F)F)nc1. The summed E-state index contributed by atoms with van der Waals surface area (Å²) in [6.07, 6.45) is -0.696. The number of anilines is 1. The van der Waals surface area contributed by atoms with E-state index >= 15 is 0 Å². The fourth-order valence-electron chi connectivity index (χ4n) is 0.882. The molecule has 0 unspecified atom stereocenters. The molecule has 1 aromatic heterocycles. The lowest BCUT2D eigenvalue weighted by molar-refractivity contribution is 0.142. The molecule has 0 saturated heterocycles. The van der Waals surface area contributed by atoms with Crippen molar-refractivity contribution in [3.8, 4) is 0 Å². The summed E-state index contributed by atoms with van der Waals surface area (Å²) in [6, 6.07) is 3.67. The van der Waals surface area contributed by atoms with Crippen molar-refractivity contribution in [1.29, 1.82) is 0 Å². The second-order valence-electron chi connectivity index (χ2n) is 2.83. The van der Waals surface area contributed by atoms with E-state index in [1.54, 1.807) is 12.3 Å². The summed E-state index contributed by atoms with van der Waals surface area (Å²) in [4.78, 5) is 4.02. The Morgan fingerprint density at radius 2 is 2.23 bits per heavy atom. The molecule has 0 spiro atoms. The number of aromatic nitrogens is 1. The summed E-state index contributed by atoms with van der Waals surface area (Å²) in [5.41, 5.74) is 1.06. The van der Waals surface area contributed by atoms with E-state index in [4.69, 9.17) is 0 Å². The Morgan fingerprint density at radius 1 is 1.46 bits per heavy atom. The van der Waals surface area contributed by atoms with Gasteiger partial charge in [-0.3, -0.25) is 0 Å². The van der Waals surface area contributed by atoms with Crippen molar-refractivity contribution in [2.75, 3.05) is 11.9 Å². The van der Waals surface area contributed by atoms with E-state index in [9.17, 15) is 8.78 Å². The first-order valence-electron chi connectivity index (χ1n) is 4.13. The standard InChI is InChI=1S/C9H12F2N2/c1-7-2-3-9(13-6-7)12-5-4-8(10)11/h2-3,6,8H,4-5H2,1H3,(H,12,13). The maximum atomic E-state index is 11.7. The molecule has 4 heteroatoms. The lowest BCUT2D eigenvalue weighted by Gasteiger charge is -2.04. The van der Waals surface area contributed by atoms with Crippen LogP contribution in [0.15, 0.2) is 18.3 Å². The Labute approximate surface area is 76.0 Å². The van der Waals surface area contributed by atoms with Crippen LogP contribution in [0.25, 0.3) is 0 Å². The van der Waals surface area contributed by atoms with Gasteiger partial charge in [0, 0.05) is 19.2 Å². The molecule has 0 amide bonds. The van der Waals surface area contributed by atoms with Gasteiger partial charge in [-0.25, -0.2) is 13.8 Å². The zero-order valence-corrected chi connectivity index (χ0v) is 7.43. The first-order chi connectivity index (χ1) is 6.18.